The number of aromatic nitrogens is 5. The molecule has 2 aromatic rings. The lowest BCUT2D eigenvalue weighted by Gasteiger charge is -2.32. The van der Waals surface area contributed by atoms with Gasteiger partial charge in [-0.05, 0) is 6.92 Å². The van der Waals surface area contributed by atoms with Crippen LogP contribution in [0.5, 0.6) is 0 Å². The minimum atomic E-state index is -0.0176. The third-order valence-corrected chi connectivity index (χ3v) is 4.43. The number of hydrogen-bond donors (Lipinski definition) is 0. The highest BCUT2D eigenvalue weighted by molar-refractivity contribution is 5.24. The third kappa shape index (κ3) is 3.52. The molecule has 0 spiro atoms. The summed E-state index contributed by atoms with van der Waals surface area (Å²) in [5.41, 5.74) is 2.51. The second-order valence-electron chi connectivity index (χ2n) is 7.50. The fraction of sp³-hybridized carbons (Fsp3) is 0.706. The fourth-order valence-electron chi connectivity index (χ4n) is 3.29. The van der Waals surface area contributed by atoms with Crippen LogP contribution in [0, 0.1) is 0 Å². The van der Waals surface area contributed by atoms with Crippen molar-refractivity contribution in [3.8, 4) is 0 Å². The maximum Gasteiger partial charge on any atom is 0.163 e. The average Bonchev–Trinajstić information content (AvgIpc) is 3.13. The zero-order valence-electron chi connectivity index (χ0n) is 15.4. The van der Waals surface area contributed by atoms with Crippen molar-refractivity contribution in [1.29, 1.82) is 0 Å². The van der Waals surface area contributed by atoms with Gasteiger partial charge in [0.1, 0.15) is 12.4 Å². The standard InChI is InChI=1S/C17H28N6O/c1-6-23-12-18-19-16(23)14-11-22(7-8-24-14)10-13-9-21(5)20-15(13)17(2,3)4/h9,12,14H,6-8,10-11H2,1-5H3/t14-/m1/s1. The van der Waals surface area contributed by atoms with E-state index in [1.54, 1.807) is 6.33 Å². The van der Waals surface area contributed by atoms with Crippen molar-refractivity contribution >= 4 is 0 Å². The summed E-state index contributed by atoms with van der Waals surface area (Å²) in [6.45, 7) is 13.0. The zero-order valence-corrected chi connectivity index (χ0v) is 15.4. The Morgan fingerprint density at radius 2 is 2.12 bits per heavy atom. The number of aryl methyl sites for hydroxylation is 2. The largest absolute Gasteiger partial charge is 0.368 e. The van der Waals surface area contributed by atoms with Crippen molar-refractivity contribution in [3.63, 3.8) is 0 Å². The summed E-state index contributed by atoms with van der Waals surface area (Å²) < 4.78 is 9.92. The molecule has 1 fully saturated rings. The van der Waals surface area contributed by atoms with Gasteiger partial charge in [0.25, 0.3) is 0 Å². The lowest BCUT2D eigenvalue weighted by Crippen LogP contribution is -2.39. The zero-order chi connectivity index (χ0) is 17.3. The lowest BCUT2D eigenvalue weighted by atomic mass is 9.89. The molecule has 7 heteroatoms. The van der Waals surface area contributed by atoms with Gasteiger partial charge in [-0.3, -0.25) is 9.58 Å². The van der Waals surface area contributed by atoms with Crippen LogP contribution in [0.2, 0.25) is 0 Å². The molecular weight excluding hydrogens is 304 g/mol. The normalized spacial score (nSPS) is 19.8. The monoisotopic (exact) mass is 332 g/mol. The molecule has 0 aliphatic carbocycles. The number of rotatable bonds is 4. The van der Waals surface area contributed by atoms with Crippen molar-refractivity contribution in [3.05, 3.63) is 29.6 Å². The highest BCUT2D eigenvalue weighted by Crippen LogP contribution is 2.27. The van der Waals surface area contributed by atoms with E-state index in [0.717, 1.165) is 32.0 Å². The Kier molecular flexibility index (Phi) is 4.73. The summed E-state index contributed by atoms with van der Waals surface area (Å²) in [4.78, 5) is 2.43. The first-order chi connectivity index (χ1) is 11.4. The molecule has 0 radical (unpaired) electrons. The van der Waals surface area contributed by atoms with E-state index in [-0.39, 0.29) is 11.5 Å². The molecule has 0 aromatic carbocycles. The first-order valence-electron chi connectivity index (χ1n) is 8.63. The van der Waals surface area contributed by atoms with Crippen LogP contribution in [-0.4, -0.2) is 49.1 Å². The first-order valence-corrected chi connectivity index (χ1v) is 8.63. The molecule has 1 aliphatic rings. The van der Waals surface area contributed by atoms with Gasteiger partial charge in [-0.1, -0.05) is 20.8 Å². The van der Waals surface area contributed by atoms with Gasteiger partial charge < -0.3 is 9.30 Å². The van der Waals surface area contributed by atoms with Gasteiger partial charge in [-0.25, -0.2) is 0 Å². The Morgan fingerprint density at radius 3 is 2.83 bits per heavy atom. The van der Waals surface area contributed by atoms with Gasteiger partial charge in [0.05, 0.1) is 12.3 Å². The maximum absolute atomic E-state index is 5.95. The van der Waals surface area contributed by atoms with Crippen molar-refractivity contribution in [2.45, 2.75) is 52.3 Å². The maximum atomic E-state index is 5.95. The van der Waals surface area contributed by atoms with E-state index in [0.29, 0.717) is 6.61 Å². The van der Waals surface area contributed by atoms with E-state index in [4.69, 9.17) is 4.74 Å². The summed E-state index contributed by atoms with van der Waals surface area (Å²) in [5, 5.41) is 13.0. The van der Waals surface area contributed by atoms with E-state index >= 15 is 0 Å². The Hall–Kier alpha value is -1.73. The predicted octanol–water partition coefficient (Wildman–Crippen LogP) is 1.90. The summed E-state index contributed by atoms with van der Waals surface area (Å²) in [5.74, 6) is 0.921. The number of nitrogens with zero attached hydrogens (tertiary/aromatic N) is 6. The topological polar surface area (TPSA) is 61.0 Å². The second kappa shape index (κ2) is 6.64. The van der Waals surface area contributed by atoms with Crippen molar-refractivity contribution < 1.29 is 4.74 Å². The molecule has 7 nitrogen and oxygen atoms in total. The Labute approximate surface area is 143 Å². The summed E-state index contributed by atoms with van der Waals surface area (Å²) in [6, 6.07) is 0. The van der Waals surface area contributed by atoms with Gasteiger partial charge in [0.2, 0.25) is 0 Å². The molecule has 0 N–H and O–H groups in total. The molecule has 132 valence electrons. The van der Waals surface area contributed by atoms with E-state index < -0.39 is 0 Å². The predicted molar refractivity (Wildman–Crippen MR) is 91.6 cm³/mol. The van der Waals surface area contributed by atoms with Crippen LogP contribution in [0.1, 0.15) is 50.9 Å². The molecule has 2 aromatic heterocycles. The molecule has 0 bridgehead atoms. The van der Waals surface area contributed by atoms with Gasteiger partial charge in [0.15, 0.2) is 5.82 Å². The molecule has 24 heavy (non-hydrogen) atoms. The molecular formula is C17H28N6O. The number of ether oxygens (including phenoxy) is 1. The molecule has 3 heterocycles. The molecule has 0 amide bonds. The molecule has 0 unspecified atom stereocenters. The second-order valence-corrected chi connectivity index (χ2v) is 7.50. The van der Waals surface area contributed by atoms with E-state index in [9.17, 15) is 0 Å². The van der Waals surface area contributed by atoms with Crippen LogP contribution >= 0.6 is 0 Å². The molecule has 3 rings (SSSR count). The van der Waals surface area contributed by atoms with Crippen LogP contribution in [0.3, 0.4) is 0 Å². The van der Waals surface area contributed by atoms with Crippen LogP contribution in [0.15, 0.2) is 12.5 Å². The van der Waals surface area contributed by atoms with Crippen LogP contribution in [0.25, 0.3) is 0 Å². The van der Waals surface area contributed by atoms with Gasteiger partial charge in [-0.15, -0.1) is 10.2 Å². The molecule has 1 aliphatic heterocycles. The highest BCUT2D eigenvalue weighted by Gasteiger charge is 2.28. The molecule has 1 atom stereocenters. The number of hydrogen-bond acceptors (Lipinski definition) is 5. The highest BCUT2D eigenvalue weighted by atomic mass is 16.5. The lowest BCUT2D eigenvalue weighted by molar-refractivity contribution is -0.0390. The van der Waals surface area contributed by atoms with Gasteiger partial charge in [0, 0.05) is 50.4 Å². The quantitative estimate of drug-likeness (QED) is 0.856. The van der Waals surface area contributed by atoms with Crippen molar-refractivity contribution in [1.82, 2.24) is 29.4 Å². The average molecular weight is 332 g/mol. The smallest absolute Gasteiger partial charge is 0.163 e. The van der Waals surface area contributed by atoms with Crippen LogP contribution in [-0.2, 0) is 30.3 Å². The molecule has 0 saturated carbocycles. The minimum absolute atomic E-state index is 0.0176. The van der Waals surface area contributed by atoms with Gasteiger partial charge >= 0.3 is 0 Å². The van der Waals surface area contributed by atoms with E-state index in [1.165, 1.54) is 11.3 Å². The fourth-order valence-corrected chi connectivity index (χ4v) is 3.29. The Bertz CT molecular complexity index is 684. The Morgan fingerprint density at radius 1 is 1.33 bits per heavy atom. The number of morpholine rings is 1. The SMILES string of the molecule is CCn1cnnc1[C@H]1CN(Cc2cn(C)nc2C(C)(C)C)CCO1. The van der Waals surface area contributed by atoms with Crippen LogP contribution < -0.4 is 0 Å². The summed E-state index contributed by atoms with van der Waals surface area (Å²) >= 11 is 0. The van der Waals surface area contributed by atoms with Gasteiger partial charge in [-0.2, -0.15) is 5.10 Å². The molecule has 1 saturated heterocycles. The summed E-state index contributed by atoms with van der Waals surface area (Å²) in [6.07, 6.45) is 3.90. The van der Waals surface area contributed by atoms with Crippen molar-refractivity contribution in [2.75, 3.05) is 19.7 Å². The first kappa shape index (κ1) is 17.1. The van der Waals surface area contributed by atoms with Crippen molar-refractivity contribution in [2.24, 2.45) is 7.05 Å². The van der Waals surface area contributed by atoms with Crippen LogP contribution in [0.4, 0.5) is 0 Å². The van der Waals surface area contributed by atoms with E-state index in [1.807, 2.05) is 11.7 Å². The van der Waals surface area contributed by atoms with E-state index in [2.05, 4.69) is 58.7 Å². The summed E-state index contributed by atoms with van der Waals surface area (Å²) in [7, 11) is 1.99. The third-order valence-electron chi connectivity index (χ3n) is 4.43. The minimum Gasteiger partial charge on any atom is -0.368 e. The Balaban J connectivity index is 1.75.